The van der Waals surface area contributed by atoms with Crippen molar-refractivity contribution < 1.29 is 18.0 Å². The van der Waals surface area contributed by atoms with Crippen molar-refractivity contribution in [1.82, 2.24) is 20.4 Å². The Kier molecular flexibility index (Phi) is 4.93. The van der Waals surface area contributed by atoms with Crippen LogP contribution in [0.5, 0.6) is 0 Å². The predicted octanol–water partition coefficient (Wildman–Crippen LogP) is 1.06. The second kappa shape index (κ2) is 6.05. The van der Waals surface area contributed by atoms with E-state index in [1.54, 1.807) is 24.9 Å². The third-order valence-corrected chi connectivity index (χ3v) is 2.73. The Balaban J connectivity index is 2.42. The maximum absolute atomic E-state index is 11.9. The van der Waals surface area contributed by atoms with Crippen molar-refractivity contribution in [3.8, 4) is 0 Å². The van der Waals surface area contributed by atoms with E-state index in [0.29, 0.717) is 0 Å². The first-order chi connectivity index (χ1) is 8.70. The summed E-state index contributed by atoms with van der Waals surface area (Å²) < 4.78 is 37.3. The molecule has 0 fully saturated rings. The molecule has 0 aliphatic carbocycles. The molecule has 19 heavy (non-hydrogen) atoms. The first kappa shape index (κ1) is 15.5. The molecule has 1 unspecified atom stereocenters. The van der Waals surface area contributed by atoms with Crippen molar-refractivity contribution >= 4 is 5.91 Å². The zero-order chi connectivity index (χ0) is 14.6. The highest BCUT2D eigenvalue weighted by Gasteiger charge is 2.26. The molecular weight excluding hydrogens is 261 g/mol. The monoisotopic (exact) mass is 278 g/mol. The molecule has 1 atom stereocenters. The summed E-state index contributed by atoms with van der Waals surface area (Å²) in [7, 11) is 1.78. The van der Waals surface area contributed by atoms with Crippen LogP contribution in [0.2, 0.25) is 0 Å². The summed E-state index contributed by atoms with van der Waals surface area (Å²) in [6, 6.07) is -0.297. The Bertz CT molecular complexity index is 442. The number of hydrogen-bond donors (Lipinski definition) is 2. The van der Waals surface area contributed by atoms with Crippen LogP contribution in [0.4, 0.5) is 13.2 Å². The summed E-state index contributed by atoms with van der Waals surface area (Å²) in [6.07, 6.45) is -2.69. The molecule has 2 N–H and O–H groups in total. The van der Waals surface area contributed by atoms with Gasteiger partial charge in [-0.25, -0.2) is 0 Å². The minimum atomic E-state index is -4.31. The number of nitrogens with one attached hydrogen (secondary N) is 2. The number of aromatic nitrogens is 2. The standard InChI is InChI=1S/C11H17F3N4O/c1-7(9-4-16-18(3)8(9)2)17-10(19)5-15-6-11(12,13)14/h4,7,15H,5-6H2,1-3H3,(H,17,19). The summed E-state index contributed by atoms with van der Waals surface area (Å²) in [5.74, 6) is -0.486. The van der Waals surface area contributed by atoms with E-state index in [1.807, 2.05) is 12.2 Å². The number of alkyl halides is 3. The maximum atomic E-state index is 11.9. The van der Waals surface area contributed by atoms with Crippen LogP contribution in [-0.4, -0.2) is 35.0 Å². The second-order valence-corrected chi connectivity index (χ2v) is 4.32. The SMILES string of the molecule is Cc1c(C(C)NC(=O)CNCC(F)(F)F)cnn1C. The molecule has 1 aromatic heterocycles. The lowest BCUT2D eigenvalue weighted by molar-refractivity contribution is -0.128. The van der Waals surface area contributed by atoms with Gasteiger partial charge in [0, 0.05) is 18.3 Å². The van der Waals surface area contributed by atoms with Crippen LogP contribution < -0.4 is 10.6 Å². The average Bonchev–Trinajstić information content (AvgIpc) is 2.57. The molecule has 0 saturated heterocycles. The van der Waals surface area contributed by atoms with Crippen LogP contribution in [0.15, 0.2) is 6.20 Å². The molecule has 1 heterocycles. The lowest BCUT2D eigenvalue weighted by Gasteiger charge is -2.14. The Hall–Kier alpha value is -1.57. The number of amides is 1. The Morgan fingerprint density at radius 1 is 1.53 bits per heavy atom. The summed E-state index contributed by atoms with van der Waals surface area (Å²) in [5, 5.41) is 8.70. The van der Waals surface area contributed by atoms with Crippen molar-refractivity contribution in [2.45, 2.75) is 26.1 Å². The molecule has 1 rings (SSSR count). The molecule has 0 radical (unpaired) electrons. The number of nitrogens with zero attached hydrogens (tertiary/aromatic N) is 2. The molecule has 0 saturated carbocycles. The molecule has 108 valence electrons. The van der Waals surface area contributed by atoms with Gasteiger partial charge in [-0.15, -0.1) is 0 Å². The molecule has 0 aromatic carbocycles. The fraction of sp³-hybridized carbons (Fsp3) is 0.636. The van der Waals surface area contributed by atoms with Crippen molar-refractivity contribution in [2.24, 2.45) is 7.05 Å². The van der Waals surface area contributed by atoms with E-state index in [0.717, 1.165) is 11.3 Å². The summed E-state index contributed by atoms with van der Waals surface area (Å²) in [5.41, 5.74) is 1.74. The minimum Gasteiger partial charge on any atom is -0.348 e. The van der Waals surface area contributed by atoms with E-state index in [4.69, 9.17) is 0 Å². The predicted molar refractivity (Wildman–Crippen MR) is 63.4 cm³/mol. The van der Waals surface area contributed by atoms with Gasteiger partial charge in [0.15, 0.2) is 0 Å². The van der Waals surface area contributed by atoms with Crippen LogP contribution in [0.25, 0.3) is 0 Å². The summed E-state index contributed by atoms with van der Waals surface area (Å²) >= 11 is 0. The van der Waals surface area contributed by atoms with Gasteiger partial charge >= 0.3 is 6.18 Å². The van der Waals surface area contributed by atoms with Gasteiger partial charge < -0.3 is 10.6 Å². The van der Waals surface area contributed by atoms with E-state index in [2.05, 4.69) is 10.4 Å². The molecule has 0 aliphatic rings. The lowest BCUT2D eigenvalue weighted by atomic mass is 10.1. The van der Waals surface area contributed by atoms with Crippen LogP contribution in [-0.2, 0) is 11.8 Å². The molecule has 0 bridgehead atoms. The van der Waals surface area contributed by atoms with Gasteiger partial charge in [0.2, 0.25) is 5.91 Å². The van der Waals surface area contributed by atoms with E-state index in [1.165, 1.54) is 0 Å². The van der Waals surface area contributed by atoms with Crippen molar-refractivity contribution in [3.63, 3.8) is 0 Å². The van der Waals surface area contributed by atoms with Crippen LogP contribution in [0.3, 0.4) is 0 Å². The third-order valence-electron chi connectivity index (χ3n) is 2.73. The van der Waals surface area contributed by atoms with Gasteiger partial charge in [-0.05, 0) is 13.8 Å². The van der Waals surface area contributed by atoms with E-state index < -0.39 is 18.6 Å². The molecule has 1 amide bonds. The van der Waals surface area contributed by atoms with Gasteiger partial charge in [0.25, 0.3) is 0 Å². The first-order valence-electron chi connectivity index (χ1n) is 5.76. The fourth-order valence-corrected chi connectivity index (χ4v) is 1.63. The van der Waals surface area contributed by atoms with Gasteiger partial charge in [-0.1, -0.05) is 0 Å². The average molecular weight is 278 g/mol. The highest BCUT2D eigenvalue weighted by atomic mass is 19.4. The largest absolute Gasteiger partial charge is 0.401 e. The Morgan fingerprint density at radius 3 is 2.63 bits per heavy atom. The number of aryl methyl sites for hydroxylation is 1. The highest BCUT2D eigenvalue weighted by molar-refractivity contribution is 5.78. The normalized spacial score (nSPS) is 13.4. The molecular formula is C11H17F3N4O. The number of carbonyl (C=O) groups excluding carboxylic acids is 1. The summed E-state index contributed by atoms with van der Waals surface area (Å²) in [6.45, 7) is 2.06. The van der Waals surface area contributed by atoms with Gasteiger partial charge in [-0.3, -0.25) is 9.48 Å². The number of rotatable bonds is 5. The second-order valence-electron chi connectivity index (χ2n) is 4.32. The van der Waals surface area contributed by atoms with Crippen LogP contribution >= 0.6 is 0 Å². The highest BCUT2D eigenvalue weighted by Crippen LogP contribution is 2.15. The van der Waals surface area contributed by atoms with E-state index >= 15 is 0 Å². The molecule has 5 nitrogen and oxygen atoms in total. The van der Waals surface area contributed by atoms with Crippen molar-refractivity contribution in [3.05, 3.63) is 17.5 Å². The lowest BCUT2D eigenvalue weighted by Crippen LogP contribution is -2.39. The van der Waals surface area contributed by atoms with E-state index in [-0.39, 0.29) is 12.6 Å². The van der Waals surface area contributed by atoms with Crippen LogP contribution in [0, 0.1) is 6.92 Å². The minimum absolute atomic E-state index is 0.297. The Labute approximate surface area is 109 Å². The Morgan fingerprint density at radius 2 is 2.16 bits per heavy atom. The maximum Gasteiger partial charge on any atom is 0.401 e. The molecule has 8 heteroatoms. The smallest absolute Gasteiger partial charge is 0.348 e. The van der Waals surface area contributed by atoms with Crippen molar-refractivity contribution in [2.75, 3.05) is 13.1 Å². The number of halogens is 3. The van der Waals surface area contributed by atoms with Gasteiger partial charge in [0.1, 0.15) is 0 Å². The summed E-state index contributed by atoms with van der Waals surface area (Å²) in [4.78, 5) is 11.5. The number of hydrogen-bond acceptors (Lipinski definition) is 3. The molecule has 1 aromatic rings. The topological polar surface area (TPSA) is 59.0 Å². The van der Waals surface area contributed by atoms with Gasteiger partial charge in [0.05, 0.1) is 25.3 Å². The van der Waals surface area contributed by atoms with Gasteiger partial charge in [-0.2, -0.15) is 18.3 Å². The number of carbonyl (C=O) groups is 1. The van der Waals surface area contributed by atoms with Crippen LogP contribution in [0.1, 0.15) is 24.2 Å². The molecule has 0 spiro atoms. The van der Waals surface area contributed by atoms with E-state index in [9.17, 15) is 18.0 Å². The zero-order valence-corrected chi connectivity index (χ0v) is 11.0. The third kappa shape index (κ3) is 4.90. The van der Waals surface area contributed by atoms with Crippen molar-refractivity contribution in [1.29, 1.82) is 0 Å². The first-order valence-corrected chi connectivity index (χ1v) is 5.76. The zero-order valence-electron chi connectivity index (χ0n) is 11.0. The fourth-order valence-electron chi connectivity index (χ4n) is 1.63. The quantitative estimate of drug-likeness (QED) is 0.846. The molecule has 0 aliphatic heterocycles.